The van der Waals surface area contributed by atoms with Gasteiger partial charge in [0, 0.05) is 30.2 Å². The highest BCUT2D eigenvalue weighted by Crippen LogP contribution is 2.30. The topological polar surface area (TPSA) is 62.3 Å². The van der Waals surface area contributed by atoms with Crippen LogP contribution >= 0.6 is 0 Å². The number of nitrogens with one attached hydrogen (secondary N) is 1. The van der Waals surface area contributed by atoms with Crippen molar-refractivity contribution in [3.63, 3.8) is 0 Å². The minimum Gasteiger partial charge on any atom is -0.321 e. The summed E-state index contributed by atoms with van der Waals surface area (Å²) in [5, 5.41) is 3.89. The predicted molar refractivity (Wildman–Crippen MR) is 97.9 cm³/mol. The Kier molecular flexibility index (Phi) is 3.69. The van der Waals surface area contributed by atoms with E-state index in [1.807, 2.05) is 48.5 Å². The lowest BCUT2D eigenvalue weighted by molar-refractivity contribution is -0.116. The van der Waals surface area contributed by atoms with Crippen molar-refractivity contribution in [2.75, 3.05) is 16.8 Å². The van der Waals surface area contributed by atoms with Gasteiger partial charge in [0.2, 0.25) is 5.91 Å². The summed E-state index contributed by atoms with van der Waals surface area (Å²) >= 11 is 0. The molecule has 3 aromatic rings. The Hall–Kier alpha value is -3.21. The van der Waals surface area contributed by atoms with Crippen molar-refractivity contribution in [3.05, 3.63) is 65.9 Å². The third-order valence-corrected chi connectivity index (χ3v) is 4.44. The van der Waals surface area contributed by atoms with Crippen LogP contribution in [0.15, 0.2) is 54.6 Å². The number of rotatable bonds is 2. The molecule has 0 saturated carbocycles. The lowest BCUT2D eigenvalue weighted by atomic mass is 10.1. The van der Waals surface area contributed by atoms with Gasteiger partial charge >= 0.3 is 0 Å². The molecule has 1 aliphatic heterocycles. The standard InChI is InChI=1S/C20H17N3O2/c1-13(24)23-11-10-15-12-16(7-9-19(15)23)21-20(25)18-8-6-14-4-2-3-5-17(14)22-18/h2-9,12H,10-11H2,1H3,(H,21,25). The van der Waals surface area contributed by atoms with Crippen molar-refractivity contribution in [2.45, 2.75) is 13.3 Å². The largest absolute Gasteiger partial charge is 0.321 e. The quantitative estimate of drug-likeness (QED) is 0.783. The van der Waals surface area contributed by atoms with Crippen LogP contribution in [0.5, 0.6) is 0 Å². The Morgan fingerprint density at radius 2 is 1.92 bits per heavy atom. The molecule has 0 spiro atoms. The summed E-state index contributed by atoms with van der Waals surface area (Å²) in [4.78, 5) is 30.3. The summed E-state index contributed by atoms with van der Waals surface area (Å²) in [6.45, 7) is 2.25. The summed E-state index contributed by atoms with van der Waals surface area (Å²) in [7, 11) is 0. The number of aromatic nitrogens is 1. The van der Waals surface area contributed by atoms with Crippen LogP contribution in [0.25, 0.3) is 10.9 Å². The molecule has 25 heavy (non-hydrogen) atoms. The summed E-state index contributed by atoms with van der Waals surface area (Å²) in [5.74, 6) is -0.206. The first-order chi connectivity index (χ1) is 12.1. The maximum Gasteiger partial charge on any atom is 0.274 e. The number of nitrogens with zero attached hydrogens (tertiary/aromatic N) is 2. The van der Waals surface area contributed by atoms with E-state index in [-0.39, 0.29) is 11.8 Å². The first-order valence-corrected chi connectivity index (χ1v) is 8.20. The Morgan fingerprint density at radius 1 is 1.08 bits per heavy atom. The normalized spacial score (nSPS) is 12.9. The third-order valence-electron chi connectivity index (χ3n) is 4.44. The predicted octanol–water partition coefficient (Wildman–Crippen LogP) is 3.40. The summed E-state index contributed by atoms with van der Waals surface area (Å²) in [6, 6.07) is 16.9. The molecular weight excluding hydrogens is 314 g/mol. The fourth-order valence-electron chi connectivity index (χ4n) is 3.19. The van der Waals surface area contributed by atoms with Crippen LogP contribution in [-0.4, -0.2) is 23.3 Å². The van der Waals surface area contributed by atoms with Gasteiger partial charge in [-0.1, -0.05) is 24.3 Å². The van der Waals surface area contributed by atoms with Gasteiger partial charge in [-0.05, 0) is 42.3 Å². The molecule has 124 valence electrons. The van der Waals surface area contributed by atoms with Gasteiger partial charge in [0.05, 0.1) is 5.52 Å². The fourth-order valence-corrected chi connectivity index (χ4v) is 3.19. The molecule has 1 N–H and O–H groups in total. The molecule has 0 aliphatic carbocycles. The molecule has 0 unspecified atom stereocenters. The number of carbonyl (C=O) groups is 2. The molecule has 2 heterocycles. The van der Waals surface area contributed by atoms with E-state index >= 15 is 0 Å². The maximum absolute atomic E-state index is 12.5. The van der Waals surface area contributed by atoms with E-state index in [2.05, 4.69) is 10.3 Å². The Balaban J connectivity index is 1.57. The zero-order valence-corrected chi connectivity index (χ0v) is 13.8. The molecule has 4 rings (SSSR count). The molecule has 0 saturated heterocycles. The summed E-state index contributed by atoms with van der Waals surface area (Å²) in [6.07, 6.45) is 0.798. The molecule has 1 aromatic heterocycles. The Labute approximate surface area is 145 Å². The third kappa shape index (κ3) is 2.85. The van der Waals surface area contributed by atoms with Crippen LogP contribution in [0.3, 0.4) is 0 Å². The number of amides is 2. The number of hydrogen-bond acceptors (Lipinski definition) is 3. The second-order valence-electron chi connectivity index (χ2n) is 6.11. The van der Waals surface area contributed by atoms with Crippen molar-refractivity contribution >= 4 is 34.1 Å². The van der Waals surface area contributed by atoms with Gasteiger partial charge in [-0.2, -0.15) is 0 Å². The lowest BCUT2D eigenvalue weighted by Gasteiger charge is -2.15. The number of hydrogen-bond donors (Lipinski definition) is 1. The second kappa shape index (κ2) is 6.02. The van der Waals surface area contributed by atoms with Crippen LogP contribution in [0.2, 0.25) is 0 Å². The van der Waals surface area contributed by atoms with Crippen LogP contribution in [0.4, 0.5) is 11.4 Å². The number of para-hydroxylation sites is 1. The smallest absolute Gasteiger partial charge is 0.274 e. The van der Waals surface area contributed by atoms with Crippen molar-refractivity contribution in [1.29, 1.82) is 0 Å². The van der Waals surface area contributed by atoms with E-state index in [0.717, 1.165) is 28.6 Å². The SMILES string of the molecule is CC(=O)N1CCc2cc(NC(=O)c3ccc4ccccc4n3)ccc21. The molecule has 0 fully saturated rings. The summed E-state index contributed by atoms with van der Waals surface area (Å²) in [5.41, 5.74) is 3.88. The molecular formula is C20H17N3O2. The Morgan fingerprint density at radius 3 is 2.76 bits per heavy atom. The van der Waals surface area contributed by atoms with E-state index in [1.165, 1.54) is 0 Å². The van der Waals surface area contributed by atoms with Crippen LogP contribution in [0.1, 0.15) is 23.0 Å². The molecule has 0 radical (unpaired) electrons. The molecule has 0 bridgehead atoms. The van der Waals surface area contributed by atoms with E-state index in [0.29, 0.717) is 17.9 Å². The molecule has 5 heteroatoms. The highest BCUT2D eigenvalue weighted by molar-refractivity contribution is 6.04. The average molecular weight is 331 g/mol. The first-order valence-electron chi connectivity index (χ1n) is 8.20. The lowest BCUT2D eigenvalue weighted by Crippen LogP contribution is -2.25. The van der Waals surface area contributed by atoms with Crippen molar-refractivity contribution in [1.82, 2.24) is 4.98 Å². The number of benzene rings is 2. The Bertz CT molecular complexity index is 997. The van der Waals surface area contributed by atoms with Gasteiger partial charge in [0.1, 0.15) is 5.69 Å². The molecule has 0 atom stereocenters. The molecule has 2 aromatic carbocycles. The number of carbonyl (C=O) groups excluding carboxylic acids is 2. The van der Waals surface area contributed by atoms with Crippen molar-refractivity contribution < 1.29 is 9.59 Å². The minimum absolute atomic E-state index is 0.0379. The van der Waals surface area contributed by atoms with Crippen LogP contribution < -0.4 is 10.2 Å². The average Bonchev–Trinajstić information content (AvgIpc) is 3.04. The number of pyridine rings is 1. The molecule has 2 amide bonds. The van der Waals surface area contributed by atoms with E-state index in [9.17, 15) is 9.59 Å². The zero-order chi connectivity index (χ0) is 17.4. The van der Waals surface area contributed by atoms with E-state index in [1.54, 1.807) is 17.9 Å². The van der Waals surface area contributed by atoms with Gasteiger partial charge in [-0.15, -0.1) is 0 Å². The summed E-state index contributed by atoms with van der Waals surface area (Å²) < 4.78 is 0. The monoisotopic (exact) mass is 331 g/mol. The fraction of sp³-hybridized carbons (Fsp3) is 0.150. The molecule has 1 aliphatic rings. The highest BCUT2D eigenvalue weighted by atomic mass is 16.2. The first kappa shape index (κ1) is 15.3. The van der Waals surface area contributed by atoms with E-state index in [4.69, 9.17) is 0 Å². The zero-order valence-electron chi connectivity index (χ0n) is 13.8. The minimum atomic E-state index is -0.243. The van der Waals surface area contributed by atoms with Crippen molar-refractivity contribution in [3.8, 4) is 0 Å². The number of anilines is 2. The van der Waals surface area contributed by atoms with Gasteiger partial charge in [0.15, 0.2) is 0 Å². The molecule has 5 nitrogen and oxygen atoms in total. The van der Waals surface area contributed by atoms with E-state index < -0.39 is 0 Å². The second-order valence-corrected chi connectivity index (χ2v) is 6.11. The van der Waals surface area contributed by atoms with Gasteiger partial charge < -0.3 is 10.2 Å². The van der Waals surface area contributed by atoms with Crippen LogP contribution in [0, 0.1) is 0 Å². The van der Waals surface area contributed by atoms with Crippen LogP contribution in [-0.2, 0) is 11.2 Å². The number of fused-ring (bicyclic) bond motifs is 2. The van der Waals surface area contributed by atoms with Gasteiger partial charge in [-0.3, -0.25) is 9.59 Å². The van der Waals surface area contributed by atoms with Gasteiger partial charge in [0.25, 0.3) is 5.91 Å². The van der Waals surface area contributed by atoms with Crippen molar-refractivity contribution in [2.24, 2.45) is 0 Å². The van der Waals surface area contributed by atoms with Gasteiger partial charge in [-0.25, -0.2) is 4.98 Å². The highest BCUT2D eigenvalue weighted by Gasteiger charge is 2.22. The maximum atomic E-state index is 12.5.